The molecule has 0 spiro atoms. The Labute approximate surface area is 132 Å². The SMILES string of the molecule is Cc1ccc(-c2nc3nccc(-c4ccc(F)cc4)n3n2)cc1. The second-order valence-corrected chi connectivity index (χ2v) is 5.35. The second kappa shape index (κ2) is 5.28. The molecule has 0 saturated heterocycles. The molecule has 0 aliphatic rings. The number of hydrogen-bond acceptors (Lipinski definition) is 3. The van der Waals surface area contributed by atoms with Crippen molar-refractivity contribution >= 4 is 5.78 Å². The van der Waals surface area contributed by atoms with Gasteiger partial charge >= 0.3 is 0 Å². The number of halogens is 1. The van der Waals surface area contributed by atoms with Crippen molar-refractivity contribution in [1.29, 1.82) is 0 Å². The fourth-order valence-corrected chi connectivity index (χ4v) is 2.46. The van der Waals surface area contributed by atoms with Gasteiger partial charge in [-0.05, 0) is 37.3 Å². The van der Waals surface area contributed by atoms with E-state index in [1.807, 2.05) is 37.3 Å². The van der Waals surface area contributed by atoms with Crippen LogP contribution in [0, 0.1) is 12.7 Å². The van der Waals surface area contributed by atoms with Gasteiger partial charge in [0.2, 0.25) is 0 Å². The van der Waals surface area contributed by atoms with Gasteiger partial charge in [-0.15, -0.1) is 5.10 Å². The van der Waals surface area contributed by atoms with Crippen molar-refractivity contribution in [2.75, 3.05) is 0 Å². The first-order valence-electron chi connectivity index (χ1n) is 7.25. The Bertz CT molecular complexity index is 972. The first-order valence-corrected chi connectivity index (χ1v) is 7.25. The van der Waals surface area contributed by atoms with Crippen LogP contribution in [0.3, 0.4) is 0 Å². The maximum atomic E-state index is 13.1. The van der Waals surface area contributed by atoms with Gasteiger partial charge in [0.1, 0.15) is 5.82 Å². The van der Waals surface area contributed by atoms with Crippen molar-refractivity contribution < 1.29 is 4.39 Å². The maximum absolute atomic E-state index is 13.1. The van der Waals surface area contributed by atoms with E-state index in [4.69, 9.17) is 0 Å². The van der Waals surface area contributed by atoms with Crippen LogP contribution < -0.4 is 0 Å². The molecular formula is C18H13FN4. The number of fused-ring (bicyclic) bond motifs is 1. The third-order valence-electron chi connectivity index (χ3n) is 3.69. The van der Waals surface area contributed by atoms with Crippen LogP contribution in [0.2, 0.25) is 0 Å². The van der Waals surface area contributed by atoms with Crippen molar-refractivity contribution in [2.24, 2.45) is 0 Å². The monoisotopic (exact) mass is 304 g/mol. The lowest BCUT2D eigenvalue weighted by Gasteiger charge is -2.03. The standard InChI is InChI=1S/C18H13FN4/c1-12-2-4-14(5-3-12)17-21-18-20-11-10-16(23(18)22-17)13-6-8-15(19)9-7-13/h2-11H,1H3. The minimum Gasteiger partial charge on any atom is -0.220 e. The van der Waals surface area contributed by atoms with E-state index in [9.17, 15) is 4.39 Å². The average molecular weight is 304 g/mol. The molecule has 4 rings (SSSR count). The molecule has 112 valence electrons. The van der Waals surface area contributed by atoms with E-state index < -0.39 is 0 Å². The normalized spacial score (nSPS) is 11.0. The van der Waals surface area contributed by atoms with Crippen molar-refractivity contribution in [1.82, 2.24) is 19.6 Å². The van der Waals surface area contributed by atoms with Crippen molar-refractivity contribution in [3.63, 3.8) is 0 Å². The molecule has 4 nitrogen and oxygen atoms in total. The maximum Gasteiger partial charge on any atom is 0.253 e. The first kappa shape index (κ1) is 13.6. The van der Waals surface area contributed by atoms with Crippen LogP contribution in [-0.4, -0.2) is 19.6 Å². The summed E-state index contributed by atoms with van der Waals surface area (Å²) >= 11 is 0. The Kier molecular flexibility index (Phi) is 3.12. The van der Waals surface area contributed by atoms with E-state index in [0.717, 1.165) is 16.8 Å². The quantitative estimate of drug-likeness (QED) is 0.564. The number of aromatic nitrogens is 4. The van der Waals surface area contributed by atoms with Gasteiger partial charge in [-0.2, -0.15) is 9.50 Å². The fourth-order valence-electron chi connectivity index (χ4n) is 2.46. The zero-order chi connectivity index (χ0) is 15.8. The molecule has 0 bridgehead atoms. The molecule has 0 N–H and O–H groups in total. The predicted molar refractivity (Wildman–Crippen MR) is 86.3 cm³/mol. The lowest BCUT2D eigenvalue weighted by Crippen LogP contribution is -1.96. The summed E-state index contributed by atoms with van der Waals surface area (Å²) in [6.45, 7) is 2.04. The fraction of sp³-hybridized carbons (Fsp3) is 0.0556. The smallest absolute Gasteiger partial charge is 0.220 e. The molecule has 23 heavy (non-hydrogen) atoms. The highest BCUT2D eigenvalue weighted by atomic mass is 19.1. The Morgan fingerprint density at radius 2 is 1.57 bits per heavy atom. The molecule has 0 amide bonds. The summed E-state index contributed by atoms with van der Waals surface area (Å²) < 4.78 is 14.8. The van der Waals surface area contributed by atoms with Gasteiger partial charge in [0.05, 0.1) is 5.69 Å². The Balaban J connectivity index is 1.87. The topological polar surface area (TPSA) is 43.1 Å². The van der Waals surface area contributed by atoms with Crippen LogP contribution in [0.15, 0.2) is 60.8 Å². The van der Waals surface area contributed by atoms with Gasteiger partial charge in [0, 0.05) is 17.3 Å². The third kappa shape index (κ3) is 2.46. The third-order valence-corrected chi connectivity index (χ3v) is 3.69. The summed E-state index contributed by atoms with van der Waals surface area (Å²) in [6.07, 6.45) is 1.68. The summed E-state index contributed by atoms with van der Waals surface area (Å²) in [5, 5.41) is 4.56. The minimum absolute atomic E-state index is 0.266. The van der Waals surface area contributed by atoms with Gasteiger partial charge in [0.25, 0.3) is 5.78 Å². The van der Waals surface area contributed by atoms with E-state index in [1.54, 1.807) is 22.8 Å². The van der Waals surface area contributed by atoms with Crippen molar-refractivity contribution in [3.8, 4) is 22.6 Å². The highest BCUT2D eigenvalue weighted by molar-refractivity contribution is 5.63. The summed E-state index contributed by atoms with van der Waals surface area (Å²) in [6, 6.07) is 16.2. The molecule has 0 radical (unpaired) electrons. The van der Waals surface area contributed by atoms with E-state index in [2.05, 4.69) is 15.1 Å². The molecule has 0 saturated carbocycles. The number of hydrogen-bond donors (Lipinski definition) is 0. The van der Waals surface area contributed by atoms with Crippen LogP contribution in [0.1, 0.15) is 5.56 Å². The van der Waals surface area contributed by atoms with Gasteiger partial charge in [-0.1, -0.05) is 29.8 Å². The van der Waals surface area contributed by atoms with Crippen LogP contribution in [0.5, 0.6) is 0 Å². The molecule has 0 aliphatic heterocycles. The zero-order valence-electron chi connectivity index (χ0n) is 12.4. The lowest BCUT2D eigenvalue weighted by atomic mass is 10.1. The Hall–Kier alpha value is -3.08. The van der Waals surface area contributed by atoms with E-state index in [1.165, 1.54) is 17.7 Å². The number of rotatable bonds is 2. The van der Waals surface area contributed by atoms with Gasteiger partial charge < -0.3 is 0 Å². The molecule has 2 aromatic carbocycles. The zero-order valence-corrected chi connectivity index (χ0v) is 12.4. The van der Waals surface area contributed by atoms with Gasteiger partial charge in [0.15, 0.2) is 5.82 Å². The molecule has 5 heteroatoms. The van der Waals surface area contributed by atoms with Crippen LogP contribution >= 0.6 is 0 Å². The average Bonchev–Trinajstić information content (AvgIpc) is 3.00. The summed E-state index contributed by atoms with van der Waals surface area (Å²) in [5.41, 5.74) is 3.80. The summed E-state index contributed by atoms with van der Waals surface area (Å²) in [7, 11) is 0. The van der Waals surface area contributed by atoms with E-state index in [0.29, 0.717) is 11.6 Å². The largest absolute Gasteiger partial charge is 0.253 e. The molecule has 0 atom stereocenters. The van der Waals surface area contributed by atoms with Crippen LogP contribution in [0.4, 0.5) is 4.39 Å². The van der Waals surface area contributed by atoms with Gasteiger partial charge in [-0.25, -0.2) is 9.37 Å². The Morgan fingerprint density at radius 1 is 0.870 bits per heavy atom. The Morgan fingerprint density at radius 3 is 2.30 bits per heavy atom. The number of aryl methyl sites for hydroxylation is 1. The molecule has 0 fully saturated rings. The van der Waals surface area contributed by atoms with Gasteiger partial charge in [-0.3, -0.25) is 0 Å². The predicted octanol–water partition coefficient (Wildman–Crippen LogP) is 3.91. The van der Waals surface area contributed by atoms with E-state index >= 15 is 0 Å². The molecular weight excluding hydrogens is 291 g/mol. The van der Waals surface area contributed by atoms with Crippen LogP contribution in [0.25, 0.3) is 28.4 Å². The molecule has 2 heterocycles. The van der Waals surface area contributed by atoms with Crippen molar-refractivity contribution in [2.45, 2.75) is 6.92 Å². The number of nitrogens with zero attached hydrogens (tertiary/aromatic N) is 4. The van der Waals surface area contributed by atoms with Crippen molar-refractivity contribution in [3.05, 3.63) is 72.2 Å². The molecule has 0 unspecified atom stereocenters. The molecule has 0 aliphatic carbocycles. The molecule has 2 aromatic heterocycles. The second-order valence-electron chi connectivity index (χ2n) is 5.35. The first-order chi connectivity index (χ1) is 11.2. The summed E-state index contributed by atoms with van der Waals surface area (Å²) in [5.74, 6) is 0.868. The molecule has 4 aromatic rings. The van der Waals surface area contributed by atoms with E-state index in [-0.39, 0.29) is 5.82 Å². The number of benzene rings is 2. The highest BCUT2D eigenvalue weighted by Gasteiger charge is 2.11. The minimum atomic E-state index is -0.266. The van der Waals surface area contributed by atoms with Crippen LogP contribution in [-0.2, 0) is 0 Å². The lowest BCUT2D eigenvalue weighted by molar-refractivity contribution is 0.628. The summed E-state index contributed by atoms with van der Waals surface area (Å²) in [4.78, 5) is 8.75. The highest BCUT2D eigenvalue weighted by Crippen LogP contribution is 2.22.